The van der Waals surface area contributed by atoms with Crippen molar-refractivity contribution in [3.05, 3.63) is 0 Å². The zero-order chi connectivity index (χ0) is 14.8. The Bertz CT molecular complexity index is 424. The Labute approximate surface area is 129 Å². The molecule has 2 heteroatoms. The molecule has 0 radical (unpaired) electrons. The third-order valence-electron chi connectivity index (χ3n) is 8.71. The van der Waals surface area contributed by atoms with Gasteiger partial charge in [0.05, 0.1) is 6.10 Å². The quantitative estimate of drug-likeness (QED) is 0.714. The second-order valence-corrected chi connectivity index (χ2v) is 9.31. The third-order valence-corrected chi connectivity index (χ3v) is 8.71. The maximum atomic E-state index is 10.1. The molecule has 0 aromatic carbocycles. The van der Waals surface area contributed by atoms with E-state index in [2.05, 4.69) is 13.8 Å². The van der Waals surface area contributed by atoms with Crippen molar-refractivity contribution >= 4 is 0 Å². The van der Waals surface area contributed by atoms with Crippen molar-refractivity contribution < 1.29 is 5.11 Å². The Morgan fingerprint density at radius 1 is 0.857 bits per heavy atom. The number of nitrogens with two attached hydrogens (primary N) is 1. The maximum absolute atomic E-state index is 10.1. The summed E-state index contributed by atoms with van der Waals surface area (Å²) in [5, 5.41) is 10.1. The number of aliphatic hydroxyl groups excluding tert-OH is 1. The lowest BCUT2D eigenvalue weighted by Gasteiger charge is -2.60. The van der Waals surface area contributed by atoms with Crippen LogP contribution >= 0.6 is 0 Å². The van der Waals surface area contributed by atoms with Gasteiger partial charge in [0.25, 0.3) is 0 Å². The number of fused-ring (bicyclic) bond motifs is 5. The SMILES string of the molecule is C[C@]12CC[C@@H](O)C[C@@H]1CC[C@@H]1[C@H]2CC[C@]2(C)[C@H](N)CC[C@@H]12. The standard InChI is InChI=1S/C19H33NO/c1-18-9-7-13(21)11-12(18)3-4-14-15-5-6-17(20)19(15,2)10-8-16(14)18/h12-17,21H,3-11,20H2,1-2H3/t12-,13+,14-,15-,16+,17+,18-,19-/m0/s1. The predicted octanol–water partition coefficient (Wildman–Crippen LogP) is 3.72. The van der Waals surface area contributed by atoms with Crippen molar-refractivity contribution in [3.8, 4) is 0 Å². The molecule has 0 heterocycles. The molecular formula is C19H33NO. The molecule has 120 valence electrons. The summed E-state index contributed by atoms with van der Waals surface area (Å²) in [5.74, 6) is 3.50. The molecule has 0 unspecified atom stereocenters. The summed E-state index contributed by atoms with van der Waals surface area (Å²) >= 11 is 0. The molecule has 0 aromatic heterocycles. The summed E-state index contributed by atoms with van der Waals surface area (Å²) in [6, 6.07) is 0.446. The second-order valence-electron chi connectivity index (χ2n) is 9.31. The van der Waals surface area contributed by atoms with Crippen LogP contribution in [0.4, 0.5) is 0 Å². The minimum absolute atomic E-state index is 0.0200. The van der Waals surface area contributed by atoms with Crippen LogP contribution in [0.5, 0.6) is 0 Å². The van der Waals surface area contributed by atoms with Gasteiger partial charge < -0.3 is 10.8 Å². The molecule has 0 bridgehead atoms. The Kier molecular flexibility index (Phi) is 3.25. The maximum Gasteiger partial charge on any atom is 0.0543 e. The van der Waals surface area contributed by atoms with Gasteiger partial charge in [-0.25, -0.2) is 0 Å². The molecule has 0 spiro atoms. The summed E-state index contributed by atoms with van der Waals surface area (Å²) in [7, 11) is 0. The highest BCUT2D eigenvalue weighted by Crippen LogP contribution is 2.65. The van der Waals surface area contributed by atoms with Crippen LogP contribution in [0.3, 0.4) is 0 Å². The van der Waals surface area contributed by atoms with Crippen LogP contribution in [-0.2, 0) is 0 Å². The van der Waals surface area contributed by atoms with Gasteiger partial charge in [-0.2, -0.15) is 0 Å². The molecule has 0 aromatic rings. The summed E-state index contributed by atoms with van der Waals surface area (Å²) in [5.41, 5.74) is 7.43. The minimum atomic E-state index is -0.0200. The van der Waals surface area contributed by atoms with Crippen LogP contribution in [0.2, 0.25) is 0 Å². The molecule has 2 nitrogen and oxygen atoms in total. The van der Waals surface area contributed by atoms with Gasteiger partial charge in [0.15, 0.2) is 0 Å². The van der Waals surface area contributed by atoms with Gasteiger partial charge in [-0.3, -0.25) is 0 Å². The normalized spacial score (nSPS) is 60.0. The fraction of sp³-hybridized carbons (Fsp3) is 1.00. The number of hydrogen-bond donors (Lipinski definition) is 2. The molecule has 3 N–H and O–H groups in total. The lowest BCUT2D eigenvalue weighted by molar-refractivity contribution is -0.122. The van der Waals surface area contributed by atoms with E-state index in [-0.39, 0.29) is 6.10 Å². The van der Waals surface area contributed by atoms with E-state index in [0.717, 1.165) is 36.5 Å². The summed E-state index contributed by atoms with van der Waals surface area (Å²) < 4.78 is 0. The van der Waals surface area contributed by atoms with E-state index in [1.54, 1.807) is 0 Å². The van der Waals surface area contributed by atoms with Crippen molar-refractivity contribution in [1.29, 1.82) is 0 Å². The molecule has 0 aliphatic heterocycles. The average molecular weight is 291 g/mol. The van der Waals surface area contributed by atoms with Crippen LogP contribution in [0.15, 0.2) is 0 Å². The monoisotopic (exact) mass is 291 g/mol. The average Bonchev–Trinajstić information content (AvgIpc) is 2.76. The fourth-order valence-corrected chi connectivity index (χ4v) is 7.28. The minimum Gasteiger partial charge on any atom is -0.393 e. The largest absolute Gasteiger partial charge is 0.393 e. The number of aliphatic hydroxyl groups is 1. The van der Waals surface area contributed by atoms with Gasteiger partial charge in [-0.15, -0.1) is 0 Å². The predicted molar refractivity (Wildman–Crippen MR) is 85.7 cm³/mol. The van der Waals surface area contributed by atoms with E-state index < -0.39 is 0 Å². The van der Waals surface area contributed by atoms with E-state index in [9.17, 15) is 5.11 Å². The van der Waals surface area contributed by atoms with E-state index in [1.807, 2.05) is 0 Å². The highest BCUT2D eigenvalue weighted by molar-refractivity contribution is 5.10. The van der Waals surface area contributed by atoms with E-state index >= 15 is 0 Å². The van der Waals surface area contributed by atoms with Crippen LogP contribution in [0.25, 0.3) is 0 Å². The zero-order valence-corrected chi connectivity index (χ0v) is 13.9. The molecule has 4 aliphatic rings. The highest BCUT2D eigenvalue weighted by Gasteiger charge is 2.59. The Morgan fingerprint density at radius 2 is 1.57 bits per heavy atom. The van der Waals surface area contributed by atoms with Gasteiger partial charge in [0.1, 0.15) is 0 Å². The van der Waals surface area contributed by atoms with Gasteiger partial charge in [-0.05, 0) is 92.3 Å². The van der Waals surface area contributed by atoms with Gasteiger partial charge in [0.2, 0.25) is 0 Å². The Hall–Kier alpha value is -0.0800. The molecule has 4 fully saturated rings. The lowest BCUT2D eigenvalue weighted by Crippen LogP contribution is -2.55. The van der Waals surface area contributed by atoms with Gasteiger partial charge in [-0.1, -0.05) is 13.8 Å². The Balaban J connectivity index is 1.62. The van der Waals surface area contributed by atoms with Crippen molar-refractivity contribution in [1.82, 2.24) is 0 Å². The van der Waals surface area contributed by atoms with Crippen LogP contribution in [0.1, 0.15) is 71.6 Å². The van der Waals surface area contributed by atoms with Crippen molar-refractivity contribution in [2.45, 2.75) is 83.8 Å². The molecule has 0 saturated heterocycles. The fourth-order valence-electron chi connectivity index (χ4n) is 7.28. The van der Waals surface area contributed by atoms with Crippen molar-refractivity contribution in [2.24, 2.45) is 40.2 Å². The van der Waals surface area contributed by atoms with Crippen LogP contribution < -0.4 is 5.73 Å². The van der Waals surface area contributed by atoms with Crippen LogP contribution in [-0.4, -0.2) is 17.3 Å². The van der Waals surface area contributed by atoms with E-state index in [1.165, 1.54) is 44.9 Å². The smallest absolute Gasteiger partial charge is 0.0543 e. The van der Waals surface area contributed by atoms with Gasteiger partial charge in [0, 0.05) is 6.04 Å². The highest BCUT2D eigenvalue weighted by atomic mass is 16.3. The first-order valence-electron chi connectivity index (χ1n) is 9.39. The first-order valence-corrected chi connectivity index (χ1v) is 9.39. The first kappa shape index (κ1) is 14.5. The molecule has 4 rings (SSSR count). The molecule has 4 aliphatic carbocycles. The zero-order valence-electron chi connectivity index (χ0n) is 13.9. The lowest BCUT2D eigenvalue weighted by atomic mass is 9.45. The topological polar surface area (TPSA) is 46.2 Å². The van der Waals surface area contributed by atoms with E-state index in [4.69, 9.17) is 5.73 Å². The summed E-state index contributed by atoms with van der Waals surface area (Å²) in [6.07, 6.45) is 11.5. The Morgan fingerprint density at radius 3 is 2.38 bits per heavy atom. The second kappa shape index (κ2) is 4.71. The molecule has 0 amide bonds. The molecule has 4 saturated carbocycles. The summed E-state index contributed by atoms with van der Waals surface area (Å²) in [6.45, 7) is 5.06. The third kappa shape index (κ3) is 1.91. The number of rotatable bonds is 0. The van der Waals surface area contributed by atoms with Crippen LogP contribution in [0, 0.1) is 34.5 Å². The van der Waals surface area contributed by atoms with Crippen molar-refractivity contribution in [2.75, 3.05) is 0 Å². The van der Waals surface area contributed by atoms with Gasteiger partial charge >= 0.3 is 0 Å². The number of hydrogen-bond acceptors (Lipinski definition) is 2. The van der Waals surface area contributed by atoms with E-state index in [0.29, 0.717) is 16.9 Å². The molecular weight excluding hydrogens is 258 g/mol. The molecule has 8 atom stereocenters. The first-order chi connectivity index (χ1) is 9.95. The molecule has 21 heavy (non-hydrogen) atoms. The van der Waals surface area contributed by atoms with Crippen molar-refractivity contribution in [3.63, 3.8) is 0 Å². The summed E-state index contributed by atoms with van der Waals surface area (Å²) in [4.78, 5) is 0.